The lowest BCUT2D eigenvalue weighted by Gasteiger charge is -2.20. The Bertz CT molecular complexity index is 624. The van der Waals surface area contributed by atoms with Crippen molar-refractivity contribution in [3.63, 3.8) is 0 Å². The molecule has 24 heavy (non-hydrogen) atoms. The van der Waals surface area contributed by atoms with E-state index < -0.39 is 11.5 Å². The molecule has 132 valence electrons. The van der Waals surface area contributed by atoms with Gasteiger partial charge in [-0.2, -0.15) is 0 Å². The van der Waals surface area contributed by atoms with E-state index in [2.05, 4.69) is 5.32 Å². The number of rotatable bonds is 6. The molecule has 1 aliphatic rings. The lowest BCUT2D eigenvalue weighted by Crippen LogP contribution is -2.41. The van der Waals surface area contributed by atoms with Crippen LogP contribution >= 0.6 is 0 Å². The van der Waals surface area contributed by atoms with Crippen LogP contribution in [0.1, 0.15) is 20.3 Å². The molecule has 1 aromatic carbocycles. The molecular weight excluding hydrogens is 312 g/mol. The van der Waals surface area contributed by atoms with E-state index in [4.69, 9.17) is 9.47 Å². The number of methoxy groups -OCH3 is 2. The standard InChI is InChI=1S/C17H24N2O5/c1-17(2,22)10-18-16(21)11-7-15(20)19(9-11)12-5-6-13(23-3)14(8-12)24-4/h5-6,8,11,22H,7,9-10H2,1-4H3,(H,18,21). The van der Waals surface area contributed by atoms with E-state index in [1.165, 1.54) is 7.11 Å². The summed E-state index contributed by atoms with van der Waals surface area (Å²) in [5.41, 5.74) is -0.322. The van der Waals surface area contributed by atoms with E-state index in [1.54, 1.807) is 44.1 Å². The smallest absolute Gasteiger partial charge is 0.227 e. The van der Waals surface area contributed by atoms with Gasteiger partial charge in [0, 0.05) is 31.3 Å². The van der Waals surface area contributed by atoms with Crippen LogP contribution in [0.2, 0.25) is 0 Å². The number of nitrogens with zero attached hydrogens (tertiary/aromatic N) is 1. The highest BCUT2D eigenvalue weighted by Crippen LogP contribution is 2.34. The molecule has 1 unspecified atom stereocenters. The van der Waals surface area contributed by atoms with Gasteiger partial charge in [-0.1, -0.05) is 0 Å². The zero-order valence-corrected chi connectivity index (χ0v) is 14.5. The Morgan fingerprint density at radius 1 is 1.33 bits per heavy atom. The first-order chi connectivity index (χ1) is 11.2. The first kappa shape index (κ1) is 18.1. The van der Waals surface area contributed by atoms with Gasteiger partial charge in [-0.3, -0.25) is 9.59 Å². The zero-order valence-electron chi connectivity index (χ0n) is 14.5. The Labute approximate surface area is 141 Å². The van der Waals surface area contributed by atoms with Crippen molar-refractivity contribution < 1.29 is 24.2 Å². The highest BCUT2D eigenvalue weighted by Gasteiger charge is 2.35. The second kappa shape index (κ2) is 7.09. The van der Waals surface area contributed by atoms with Crippen molar-refractivity contribution in [2.45, 2.75) is 25.9 Å². The fraction of sp³-hybridized carbons (Fsp3) is 0.529. The number of hydrogen-bond donors (Lipinski definition) is 2. The molecule has 0 radical (unpaired) electrons. The van der Waals surface area contributed by atoms with Gasteiger partial charge in [-0.05, 0) is 26.0 Å². The van der Waals surface area contributed by atoms with Gasteiger partial charge in [0.2, 0.25) is 11.8 Å². The first-order valence-electron chi connectivity index (χ1n) is 7.77. The van der Waals surface area contributed by atoms with Gasteiger partial charge < -0.3 is 24.8 Å². The Balaban J connectivity index is 2.08. The van der Waals surface area contributed by atoms with Gasteiger partial charge in [0.05, 0.1) is 25.7 Å². The zero-order chi connectivity index (χ0) is 17.9. The third-order valence-corrected chi connectivity index (χ3v) is 3.87. The van der Waals surface area contributed by atoms with E-state index in [0.29, 0.717) is 23.7 Å². The van der Waals surface area contributed by atoms with Crippen LogP contribution in [0.25, 0.3) is 0 Å². The maximum atomic E-state index is 12.3. The summed E-state index contributed by atoms with van der Waals surface area (Å²) in [4.78, 5) is 26.0. The van der Waals surface area contributed by atoms with E-state index in [-0.39, 0.29) is 24.8 Å². The molecule has 1 heterocycles. The quantitative estimate of drug-likeness (QED) is 0.807. The van der Waals surface area contributed by atoms with Crippen molar-refractivity contribution in [1.29, 1.82) is 0 Å². The monoisotopic (exact) mass is 336 g/mol. The highest BCUT2D eigenvalue weighted by atomic mass is 16.5. The Hall–Kier alpha value is -2.28. The maximum Gasteiger partial charge on any atom is 0.227 e. The Morgan fingerprint density at radius 2 is 2.00 bits per heavy atom. The molecule has 0 spiro atoms. The number of benzene rings is 1. The van der Waals surface area contributed by atoms with Crippen LogP contribution in [0.4, 0.5) is 5.69 Å². The predicted molar refractivity (Wildman–Crippen MR) is 89.3 cm³/mol. The van der Waals surface area contributed by atoms with E-state index in [1.807, 2.05) is 0 Å². The number of ether oxygens (including phenoxy) is 2. The second-order valence-electron chi connectivity index (χ2n) is 6.47. The average Bonchev–Trinajstić information content (AvgIpc) is 2.93. The number of amides is 2. The summed E-state index contributed by atoms with van der Waals surface area (Å²) in [5.74, 6) is 0.317. The topological polar surface area (TPSA) is 88.1 Å². The van der Waals surface area contributed by atoms with E-state index in [0.717, 1.165) is 0 Å². The lowest BCUT2D eigenvalue weighted by molar-refractivity contribution is -0.127. The van der Waals surface area contributed by atoms with E-state index >= 15 is 0 Å². The van der Waals surface area contributed by atoms with Gasteiger partial charge in [0.15, 0.2) is 11.5 Å². The van der Waals surface area contributed by atoms with Gasteiger partial charge in [-0.25, -0.2) is 0 Å². The summed E-state index contributed by atoms with van der Waals surface area (Å²) >= 11 is 0. The van der Waals surface area contributed by atoms with Crippen molar-refractivity contribution in [2.24, 2.45) is 5.92 Å². The predicted octanol–water partition coefficient (Wildman–Crippen LogP) is 0.944. The van der Waals surface area contributed by atoms with E-state index in [9.17, 15) is 14.7 Å². The maximum absolute atomic E-state index is 12.3. The molecule has 1 saturated heterocycles. The molecule has 1 aliphatic heterocycles. The third kappa shape index (κ3) is 4.17. The number of hydrogen-bond acceptors (Lipinski definition) is 5. The van der Waals surface area contributed by atoms with Gasteiger partial charge >= 0.3 is 0 Å². The first-order valence-corrected chi connectivity index (χ1v) is 7.77. The molecule has 0 bridgehead atoms. The lowest BCUT2D eigenvalue weighted by atomic mass is 10.1. The fourth-order valence-electron chi connectivity index (χ4n) is 2.57. The molecule has 1 aromatic rings. The third-order valence-electron chi connectivity index (χ3n) is 3.87. The fourth-order valence-corrected chi connectivity index (χ4v) is 2.57. The minimum atomic E-state index is -0.985. The van der Waals surface area contributed by atoms with Crippen LogP contribution in [-0.4, -0.2) is 49.8 Å². The molecule has 2 amide bonds. The van der Waals surface area contributed by atoms with Crippen LogP contribution in [0.3, 0.4) is 0 Å². The molecular formula is C17H24N2O5. The minimum absolute atomic E-state index is 0.120. The summed E-state index contributed by atoms with van der Waals surface area (Å²) in [6, 6.07) is 5.20. The van der Waals surface area contributed by atoms with Crippen LogP contribution in [-0.2, 0) is 9.59 Å². The van der Waals surface area contributed by atoms with Crippen LogP contribution < -0.4 is 19.7 Å². The molecule has 7 nitrogen and oxygen atoms in total. The van der Waals surface area contributed by atoms with Gasteiger partial charge in [0.25, 0.3) is 0 Å². The molecule has 0 saturated carbocycles. The van der Waals surface area contributed by atoms with Crippen LogP contribution in [0, 0.1) is 5.92 Å². The Kier molecular flexibility index (Phi) is 5.33. The summed E-state index contributed by atoms with van der Waals surface area (Å²) in [7, 11) is 3.07. The SMILES string of the molecule is COc1ccc(N2CC(C(=O)NCC(C)(C)O)CC2=O)cc1OC. The number of anilines is 1. The van der Waals surface area contributed by atoms with Crippen molar-refractivity contribution in [3.05, 3.63) is 18.2 Å². The average molecular weight is 336 g/mol. The van der Waals surface area contributed by atoms with Crippen LogP contribution in [0.15, 0.2) is 18.2 Å². The number of nitrogens with one attached hydrogen (secondary N) is 1. The Morgan fingerprint density at radius 3 is 2.58 bits per heavy atom. The molecule has 1 atom stereocenters. The number of carbonyl (C=O) groups excluding carboxylic acids is 2. The number of aliphatic hydroxyl groups is 1. The van der Waals surface area contributed by atoms with Crippen molar-refractivity contribution in [2.75, 3.05) is 32.2 Å². The molecule has 1 fully saturated rings. The van der Waals surface area contributed by atoms with Crippen molar-refractivity contribution in [1.82, 2.24) is 5.32 Å². The minimum Gasteiger partial charge on any atom is -0.493 e. The second-order valence-corrected chi connectivity index (χ2v) is 6.47. The molecule has 2 N–H and O–H groups in total. The molecule has 2 rings (SSSR count). The summed E-state index contributed by atoms with van der Waals surface area (Å²) in [6.45, 7) is 3.67. The number of carbonyl (C=O) groups is 2. The van der Waals surface area contributed by atoms with Crippen molar-refractivity contribution >= 4 is 17.5 Å². The molecule has 7 heteroatoms. The van der Waals surface area contributed by atoms with Gasteiger partial charge in [-0.15, -0.1) is 0 Å². The van der Waals surface area contributed by atoms with Gasteiger partial charge in [0.1, 0.15) is 0 Å². The van der Waals surface area contributed by atoms with Crippen LogP contribution in [0.5, 0.6) is 11.5 Å². The summed E-state index contributed by atoms with van der Waals surface area (Å²) in [5, 5.41) is 12.4. The summed E-state index contributed by atoms with van der Waals surface area (Å²) in [6.07, 6.45) is 0.145. The summed E-state index contributed by atoms with van der Waals surface area (Å²) < 4.78 is 10.4. The largest absolute Gasteiger partial charge is 0.493 e. The normalized spacial score (nSPS) is 17.8. The molecule has 0 aliphatic carbocycles. The molecule has 0 aromatic heterocycles. The highest BCUT2D eigenvalue weighted by molar-refractivity contribution is 6.00. The van der Waals surface area contributed by atoms with Crippen molar-refractivity contribution in [3.8, 4) is 11.5 Å².